The Morgan fingerprint density at radius 2 is 2.26 bits per heavy atom. The Bertz CT molecular complexity index is 822. The van der Waals surface area contributed by atoms with E-state index in [2.05, 4.69) is 36.7 Å². The van der Waals surface area contributed by atoms with Crippen molar-refractivity contribution in [2.45, 2.75) is 6.54 Å². The second-order valence-electron chi connectivity index (χ2n) is 4.42. The predicted molar refractivity (Wildman–Crippen MR) is 94.8 cm³/mol. The first kappa shape index (κ1) is 16.0. The number of thiocarbonyl (C=S) groups is 1. The Morgan fingerprint density at radius 3 is 3.00 bits per heavy atom. The van der Waals surface area contributed by atoms with Crippen LogP contribution in [0.1, 0.15) is 5.89 Å². The number of halogens is 2. The second kappa shape index (κ2) is 7.16. The first-order valence-electron chi connectivity index (χ1n) is 6.48. The molecular weight excluding hydrogens is 403 g/mol. The van der Waals surface area contributed by atoms with Gasteiger partial charge in [0.15, 0.2) is 5.11 Å². The van der Waals surface area contributed by atoms with Gasteiger partial charge in [0.1, 0.15) is 5.82 Å². The van der Waals surface area contributed by atoms with Crippen LogP contribution in [0.25, 0.3) is 10.7 Å². The van der Waals surface area contributed by atoms with E-state index in [0.717, 1.165) is 4.88 Å². The van der Waals surface area contributed by atoms with Gasteiger partial charge in [-0.1, -0.05) is 27.2 Å². The highest BCUT2D eigenvalue weighted by atomic mass is 79.9. The molecule has 5 nitrogen and oxygen atoms in total. The summed E-state index contributed by atoms with van der Waals surface area (Å²) in [4.78, 5) is 5.19. The van der Waals surface area contributed by atoms with Gasteiger partial charge in [-0.3, -0.25) is 0 Å². The molecule has 0 aliphatic carbocycles. The molecule has 0 unspecified atom stereocenters. The third-order valence-electron chi connectivity index (χ3n) is 2.79. The minimum atomic E-state index is -0.402. The largest absolute Gasteiger partial charge is 0.353 e. The van der Waals surface area contributed by atoms with E-state index in [1.54, 1.807) is 12.1 Å². The summed E-state index contributed by atoms with van der Waals surface area (Å²) in [6.45, 7) is 0.252. The number of hydrogen-bond donors (Lipinski definition) is 2. The number of anilines is 1. The van der Waals surface area contributed by atoms with Crippen molar-refractivity contribution in [3.8, 4) is 10.7 Å². The monoisotopic (exact) mass is 412 g/mol. The van der Waals surface area contributed by atoms with Crippen LogP contribution in [0.15, 0.2) is 44.7 Å². The maximum absolute atomic E-state index is 13.7. The van der Waals surface area contributed by atoms with E-state index in [1.165, 1.54) is 17.4 Å². The summed E-state index contributed by atoms with van der Waals surface area (Å²) in [6.07, 6.45) is 0. The van der Waals surface area contributed by atoms with Crippen LogP contribution in [-0.2, 0) is 6.54 Å². The summed E-state index contributed by atoms with van der Waals surface area (Å²) in [7, 11) is 0. The van der Waals surface area contributed by atoms with Crippen molar-refractivity contribution in [1.82, 2.24) is 15.5 Å². The summed E-state index contributed by atoms with van der Waals surface area (Å²) in [6, 6.07) is 8.50. The highest BCUT2D eigenvalue weighted by Gasteiger charge is 2.10. The Hall–Kier alpha value is -1.84. The van der Waals surface area contributed by atoms with Gasteiger partial charge >= 0.3 is 0 Å². The number of aromatic nitrogens is 2. The van der Waals surface area contributed by atoms with E-state index in [9.17, 15) is 4.39 Å². The van der Waals surface area contributed by atoms with E-state index >= 15 is 0 Å². The molecule has 0 fully saturated rings. The molecular formula is C14H10BrFN4OS2. The molecule has 0 amide bonds. The SMILES string of the molecule is Fc1cc(Br)ccc1NC(=S)NCc1nc(-c2cccs2)no1. The lowest BCUT2D eigenvalue weighted by molar-refractivity contribution is 0.376. The summed E-state index contributed by atoms with van der Waals surface area (Å²) >= 11 is 9.85. The second-order valence-corrected chi connectivity index (χ2v) is 6.69. The molecule has 0 aliphatic heterocycles. The predicted octanol–water partition coefficient (Wildman–Crippen LogP) is 4.19. The van der Waals surface area contributed by atoms with Crippen LogP contribution in [0.2, 0.25) is 0 Å². The molecule has 2 heterocycles. The number of nitrogens with one attached hydrogen (secondary N) is 2. The van der Waals surface area contributed by atoms with Crippen molar-refractivity contribution in [2.24, 2.45) is 0 Å². The molecule has 3 rings (SSSR count). The lowest BCUT2D eigenvalue weighted by atomic mass is 10.3. The van der Waals surface area contributed by atoms with Crippen molar-refractivity contribution in [3.05, 3.63) is 51.9 Å². The molecule has 0 aliphatic rings. The van der Waals surface area contributed by atoms with Crippen molar-refractivity contribution in [1.29, 1.82) is 0 Å². The van der Waals surface area contributed by atoms with Crippen LogP contribution >= 0.6 is 39.5 Å². The molecule has 0 spiro atoms. The molecule has 0 saturated carbocycles. The van der Waals surface area contributed by atoms with E-state index in [0.29, 0.717) is 16.2 Å². The van der Waals surface area contributed by atoms with Gasteiger partial charge in [-0.2, -0.15) is 4.98 Å². The van der Waals surface area contributed by atoms with Gasteiger partial charge in [-0.15, -0.1) is 11.3 Å². The molecule has 0 bridgehead atoms. The average molecular weight is 413 g/mol. The lowest BCUT2D eigenvalue weighted by Gasteiger charge is -2.09. The van der Waals surface area contributed by atoms with Crippen LogP contribution in [-0.4, -0.2) is 15.3 Å². The molecule has 3 aromatic rings. The van der Waals surface area contributed by atoms with Crippen molar-refractivity contribution in [2.75, 3.05) is 5.32 Å². The Kier molecular flexibility index (Phi) is 4.99. The Labute approximate surface area is 149 Å². The molecule has 1 aromatic carbocycles. The summed E-state index contributed by atoms with van der Waals surface area (Å²) in [5.41, 5.74) is 0.288. The van der Waals surface area contributed by atoms with Gasteiger partial charge in [0, 0.05) is 4.47 Å². The molecule has 9 heteroatoms. The molecule has 0 atom stereocenters. The number of benzene rings is 1. The minimum Gasteiger partial charge on any atom is -0.353 e. The van der Waals surface area contributed by atoms with Crippen LogP contribution in [0, 0.1) is 5.82 Å². The van der Waals surface area contributed by atoms with Gasteiger partial charge in [-0.25, -0.2) is 4.39 Å². The first-order chi connectivity index (χ1) is 11.1. The maximum Gasteiger partial charge on any atom is 0.246 e. The molecule has 0 saturated heterocycles. The van der Waals surface area contributed by atoms with Gasteiger partial charge in [0.05, 0.1) is 17.1 Å². The third-order valence-corrected chi connectivity index (χ3v) is 4.39. The molecule has 0 radical (unpaired) electrons. The first-order valence-corrected chi connectivity index (χ1v) is 8.56. The van der Waals surface area contributed by atoms with Crippen molar-refractivity contribution < 1.29 is 8.91 Å². The number of rotatable bonds is 4. The molecule has 118 valence electrons. The van der Waals surface area contributed by atoms with Crippen LogP contribution < -0.4 is 10.6 Å². The summed E-state index contributed by atoms with van der Waals surface area (Å²) in [5.74, 6) is 0.532. The van der Waals surface area contributed by atoms with E-state index in [4.69, 9.17) is 16.7 Å². The maximum atomic E-state index is 13.7. The van der Waals surface area contributed by atoms with Crippen molar-refractivity contribution >= 4 is 50.3 Å². The number of nitrogens with zero attached hydrogens (tertiary/aromatic N) is 2. The Balaban J connectivity index is 1.57. The smallest absolute Gasteiger partial charge is 0.246 e. The quantitative estimate of drug-likeness (QED) is 0.626. The standard InChI is InChI=1S/C14H10BrFN4OS2/c15-8-3-4-10(9(16)6-8)18-14(22)17-7-12-19-13(20-21-12)11-2-1-5-23-11/h1-6H,7H2,(H2,17,18,22). The average Bonchev–Trinajstić information content (AvgIpc) is 3.18. The summed E-state index contributed by atoms with van der Waals surface area (Å²) < 4.78 is 19.5. The molecule has 2 aromatic heterocycles. The normalized spacial score (nSPS) is 10.5. The topological polar surface area (TPSA) is 63.0 Å². The highest BCUT2D eigenvalue weighted by molar-refractivity contribution is 9.10. The fourth-order valence-electron chi connectivity index (χ4n) is 1.75. The minimum absolute atomic E-state index is 0.252. The number of hydrogen-bond acceptors (Lipinski definition) is 5. The third kappa shape index (κ3) is 4.12. The fraction of sp³-hybridized carbons (Fsp3) is 0.0714. The van der Waals surface area contributed by atoms with E-state index < -0.39 is 5.82 Å². The highest BCUT2D eigenvalue weighted by Crippen LogP contribution is 2.21. The molecule has 23 heavy (non-hydrogen) atoms. The summed E-state index contributed by atoms with van der Waals surface area (Å²) in [5, 5.41) is 11.8. The zero-order valence-electron chi connectivity index (χ0n) is 11.5. The lowest BCUT2D eigenvalue weighted by Crippen LogP contribution is -2.28. The molecule has 2 N–H and O–H groups in total. The van der Waals surface area contributed by atoms with Crippen LogP contribution in [0.4, 0.5) is 10.1 Å². The van der Waals surface area contributed by atoms with Gasteiger partial charge in [-0.05, 0) is 41.9 Å². The van der Waals surface area contributed by atoms with E-state index in [-0.39, 0.29) is 17.3 Å². The van der Waals surface area contributed by atoms with E-state index in [1.807, 2.05) is 17.5 Å². The fourth-order valence-corrected chi connectivity index (χ4v) is 2.91. The van der Waals surface area contributed by atoms with Gasteiger partial charge in [0.2, 0.25) is 11.7 Å². The zero-order valence-corrected chi connectivity index (χ0v) is 14.8. The van der Waals surface area contributed by atoms with Gasteiger partial charge in [0.25, 0.3) is 0 Å². The van der Waals surface area contributed by atoms with Gasteiger partial charge < -0.3 is 15.2 Å². The zero-order chi connectivity index (χ0) is 16.2. The number of thiophene rings is 1. The Morgan fingerprint density at radius 1 is 1.39 bits per heavy atom. The van der Waals surface area contributed by atoms with Crippen molar-refractivity contribution in [3.63, 3.8) is 0 Å². The van der Waals surface area contributed by atoms with Crippen LogP contribution in [0.5, 0.6) is 0 Å². The van der Waals surface area contributed by atoms with Crippen LogP contribution in [0.3, 0.4) is 0 Å².